The number of hydrogen-bond acceptors (Lipinski definition) is 3. The normalized spacial score (nSPS) is 29.0. The summed E-state index contributed by atoms with van der Waals surface area (Å²) >= 11 is 0. The Labute approximate surface area is 96.9 Å². The highest BCUT2D eigenvalue weighted by atomic mass is 16.7. The van der Waals surface area contributed by atoms with E-state index in [1.54, 1.807) is 0 Å². The topological polar surface area (TPSA) is 38.8 Å². The van der Waals surface area contributed by atoms with E-state index in [0.29, 0.717) is 19.1 Å². The van der Waals surface area contributed by atoms with Crippen molar-refractivity contribution in [2.75, 3.05) is 26.3 Å². The van der Waals surface area contributed by atoms with E-state index >= 15 is 0 Å². The van der Waals surface area contributed by atoms with Crippen LogP contribution in [0.25, 0.3) is 0 Å². The number of hydrogen-bond donors (Lipinski definition) is 0. The number of carbonyl (C=O) groups excluding carboxylic acids is 1. The lowest BCUT2D eigenvalue weighted by atomic mass is 9.98. The summed E-state index contributed by atoms with van der Waals surface area (Å²) in [7, 11) is 0. The summed E-state index contributed by atoms with van der Waals surface area (Å²) in [4.78, 5) is 13.8. The average molecular weight is 227 g/mol. The van der Waals surface area contributed by atoms with Crippen molar-refractivity contribution in [3.63, 3.8) is 0 Å². The van der Waals surface area contributed by atoms with Crippen LogP contribution in [0, 0.1) is 5.92 Å². The molecule has 0 saturated carbocycles. The zero-order chi connectivity index (χ0) is 11.6. The molecular weight excluding hydrogens is 206 g/mol. The van der Waals surface area contributed by atoms with Crippen molar-refractivity contribution in [3.8, 4) is 0 Å². The fourth-order valence-electron chi connectivity index (χ4n) is 2.52. The maximum absolute atomic E-state index is 11.9. The first-order valence-corrected chi connectivity index (χ1v) is 6.21. The van der Waals surface area contributed by atoms with Crippen LogP contribution >= 0.6 is 0 Å². The summed E-state index contributed by atoms with van der Waals surface area (Å²) in [5, 5.41) is 0. The van der Waals surface area contributed by atoms with Crippen molar-refractivity contribution in [2.45, 2.75) is 38.9 Å². The Morgan fingerprint density at radius 1 is 1.44 bits per heavy atom. The first kappa shape index (κ1) is 11.9. The van der Waals surface area contributed by atoms with Crippen molar-refractivity contribution in [3.05, 3.63) is 0 Å². The average Bonchev–Trinajstić information content (AvgIpc) is 2.84. The molecular formula is C12H21NO3. The third-order valence-corrected chi connectivity index (χ3v) is 3.64. The highest BCUT2D eigenvalue weighted by molar-refractivity contribution is 5.80. The van der Waals surface area contributed by atoms with Gasteiger partial charge in [0.1, 0.15) is 0 Å². The smallest absolute Gasteiger partial charge is 0.225 e. The maximum atomic E-state index is 11.9. The van der Waals surface area contributed by atoms with Gasteiger partial charge in [0.25, 0.3) is 0 Å². The van der Waals surface area contributed by atoms with Crippen LogP contribution in [-0.2, 0) is 14.3 Å². The van der Waals surface area contributed by atoms with Gasteiger partial charge in [-0.05, 0) is 26.7 Å². The summed E-state index contributed by atoms with van der Waals surface area (Å²) in [6, 6.07) is 0. The van der Waals surface area contributed by atoms with Crippen LogP contribution in [-0.4, -0.2) is 42.9 Å². The molecule has 4 nitrogen and oxygen atoms in total. The lowest BCUT2D eigenvalue weighted by Gasteiger charge is -2.23. The monoisotopic (exact) mass is 227 g/mol. The third-order valence-electron chi connectivity index (χ3n) is 3.64. The Morgan fingerprint density at radius 3 is 2.69 bits per heavy atom. The van der Waals surface area contributed by atoms with Crippen molar-refractivity contribution in [1.29, 1.82) is 0 Å². The molecule has 92 valence electrons. The van der Waals surface area contributed by atoms with E-state index in [1.165, 1.54) is 0 Å². The Hall–Kier alpha value is -0.610. The Kier molecular flexibility index (Phi) is 3.50. The minimum absolute atomic E-state index is 0.185. The fourth-order valence-corrected chi connectivity index (χ4v) is 2.52. The standard InChI is InChI=1S/C12H21NO3/c1-3-13-7-5-10(11(13)14)4-6-12(2)15-8-9-16-12/h10H,3-9H2,1-2H3. The molecule has 1 atom stereocenters. The van der Waals surface area contributed by atoms with Gasteiger partial charge in [-0.2, -0.15) is 0 Å². The molecule has 0 bridgehead atoms. The van der Waals surface area contributed by atoms with Crippen molar-refractivity contribution in [1.82, 2.24) is 4.90 Å². The minimum atomic E-state index is -0.445. The summed E-state index contributed by atoms with van der Waals surface area (Å²) < 4.78 is 11.1. The zero-order valence-corrected chi connectivity index (χ0v) is 10.2. The van der Waals surface area contributed by atoms with Crippen LogP contribution in [0.15, 0.2) is 0 Å². The summed E-state index contributed by atoms with van der Waals surface area (Å²) in [6.45, 7) is 7.10. The van der Waals surface area contributed by atoms with Crippen LogP contribution < -0.4 is 0 Å². The van der Waals surface area contributed by atoms with Gasteiger partial charge in [0.2, 0.25) is 5.91 Å². The number of rotatable bonds is 4. The second-order valence-corrected chi connectivity index (χ2v) is 4.77. The van der Waals surface area contributed by atoms with E-state index in [1.807, 2.05) is 18.7 Å². The van der Waals surface area contributed by atoms with Crippen molar-refractivity contribution in [2.24, 2.45) is 5.92 Å². The predicted octanol–water partition coefficient (Wildman–Crippen LogP) is 1.40. The van der Waals surface area contributed by atoms with Gasteiger partial charge >= 0.3 is 0 Å². The van der Waals surface area contributed by atoms with Gasteiger partial charge in [-0.15, -0.1) is 0 Å². The lowest BCUT2D eigenvalue weighted by Crippen LogP contribution is -2.29. The molecule has 0 aromatic rings. The van der Waals surface area contributed by atoms with Crippen molar-refractivity contribution < 1.29 is 14.3 Å². The molecule has 2 fully saturated rings. The molecule has 16 heavy (non-hydrogen) atoms. The van der Waals surface area contributed by atoms with Gasteiger partial charge in [-0.25, -0.2) is 0 Å². The maximum Gasteiger partial charge on any atom is 0.225 e. The second kappa shape index (κ2) is 4.72. The van der Waals surface area contributed by atoms with Gasteiger partial charge in [0.05, 0.1) is 13.2 Å². The van der Waals surface area contributed by atoms with Crippen molar-refractivity contribution >= 4 is 5.91 Å². The van der Waals surface area contributed by atoms with Crippen LogP contribution in [0.3, 0.4) is 0 Å². The van der Waals surface area contributed by atoms with Crippen LogP contribution in [0.5, 0.6) is 0 Å². The molecule has 2 aliphatic heterocycles. The summed E-state index contributed by atoms with van der Waals surface area (Å²) in [6.07, 6.45) is 2.69. The number of likely N-dealkylation sites (tertiary alicyclic amines) is 1. The van der Waals surface area contributed by atoms with Gasteiger partial charge in [0, 0.05) is 25.4 Å². The number of carbonyl (C=O) groups is 1. The first-order chi connectivity index (χ1) is 7.64. The second-order valence-electron chi connectivity index (χ2n) is 4.77. The molecule has 0 aromatic heterocycles. The highest BCUT2D eigenvalue weighted by Crippen LogP contribution is 2.30. The predicted molar refractivity (Wildman–Crippen MR) is 59.9 cm³/mol. The molecule has 4 heteroatoms. The molecule has 0 spiro atoms. The van der Waals surface area contributed by atoms with Crippen LogP contribution in [0.4, 0.5) is 0 Å². The highest BCUT2D eigenvalue weighted by Gasteiger charge is 2.35. The van der Waals surface area contributed by atoms with E-state index < -0.39 is 5.79 Å². The fraction of sp³-hybridized carbons (Fsp3) is 0.917. The van der Waals surface area contributed by atoms with Gasteiger partial charge < -0.3 is 14.4 Å². The molecule has 0 N–H and O–H groups in total. The molecule has 0 radical (unpaired) electrons. The molecule has 0 aliphatic carbocycles. The van der Waals surface area contributed by atoms with Crippen LogP contribution in [0.2, 0.25) is 0 Å². The van der Waals surface area contributed by atoms with E-state index in [2.05, 4.69) is 0 Å². The molecule has 2 rings (SSSR count). The number of nitrogens with zero attached hydrogens (tertiary/aromatic N) is 1. The molecule has 2 aliphatic rings. The van der Waals surface area contributed by atoms with Gasteiger partial charge in [-0.3, -0.25) is 4.79 Å². The minimum Gasteiger partial charge on any atom is -0.348 e. The SMILES string of the molecule is CCN1CCC(CCC2(C)OCCO2)C1=O. The van der Waals surface area contributed by atoms with E-state index in [-0.39, 0.29) is 5.92 Å². The van der Waals surface area contributed by atoms with E-state index in [9.17, 15) is 4.79 Å². The largest absolute Gasteiger partial charge is 0.348 e. The van der Waals surface area contributed by atoms with Gasteiger partial charge in [0.15, 0.2) is 5.79 Å². The number of ether oxygens (including phenoxy) is 2. The summed E-state index contributed by atoms with van der Waals surface area (Å²) in [5.41, 5.74) is 0. The molecule has 2 heterocycles. The third kappa shape index (κ3) is 2.38. The lowest BCUT2D eigenvalue weighted by molar-refractivity contribution is -0.150. The molecule has 2 saturated heterocycles. The van der Waals surface area contributed by atoms with E-state index in [0.717, 1.165) is 32.4 Å². The first-order valence-electron chi connectivity index (χ1n) is 6.21. The summed E-state index contributed by atoms with van der Waals surface area (Å²) in [5.74, 6) is 0.0496. The Balaban J connectivity index is 1.80. The van der Waals surface area contributed by atoms with Crippen LogP contribution in [0.1, 0.15) is 33.1 Å². The molecule has 1 amide bonds. The molecule has 0 aromatic carbocycles. The number of amides is 1. The molecule has 1 unspecified atom stereocenters. The quantitative estimate of drug-likeness (QED) is 0.728. The zero-order valence-electron chi connectivity index (χ0n) is 10.2. The van der Waals surface area contributed by atoms with E-state index in [4.69, 9.17) is 9.47 Å². The Morgan fingerprint density at radius 2 is 2.12 bits per heavy atom. The Bertz CT molecular complexity index is 261. The van der Waals surface area contributed by atoms with Gasteiger partial charge in [-0.1, -0.05) is 0 Å².